The van der Waals surface area contributed by atoms with Gasteiger partial charge in [0, 0.05) is 6.92 Å². The molecule has 0 aliphatic carbocycles. The van der Waals surface area contributed by atoms with Gasteiger partial charge in [-0.15, -0.1) is 0 Å². The Morgan fingerprint density at radius 1 is 1.17 bits per heavy atom. The molecule has 0 amide bonds. The molecule has 0 aromatic heterocycles. The van der Waals surface area contributed by atoms with Gasteiger partial charge in [-0.05, 0) is 46.5 Å². The summed E-state index contributed by atoms with van der Waals surface area (Å²) < 4.78 is 5.05. The van der Waals surface area contributed by atoms with Gasteiger partial charge in [-0.1, -0.05) is 23.3 Å². The predicted octanol–water partition coefficient (Wildman–Crippen LogP) is 3.38. The third-order valence-electron chi connectivity index (χ3n) is 2.71. The number of rotatable bonds is 8. The number of aliphatic hydroxyl groups excluding tert-OH is 1. The van der Waals surface area contributed by atoms with Crippen LogP contribution in [0.1, 0.15) is 53.4 Å². The SMILES string of the molecule is CC(=O)OC(C)CC/C=C(\C)CC/C=C(\C)CO. The minimum atomic E-state index is -0.215. The van der Waals surface area contributed by atoms with E-state index in [-0.39, 0.29) is 18.7 Å². The molecule has 0 fully saturated rings. The van der Waals surface area contributed by atoms with Gasteiger partial charge in [0.05, 0.1) is 12.7 Å². The lowest BCUT2D eigenvalue weighted by molar-refractivity contribution is -0.145. The molecule has 0 heterocycles. The average Bonchev–Trinajstić information content (AvgIpc) is 2.27. The standard InChI is InChI=1S/C15H26O3/c1-12(7-5-9-13(2)11-16)8-6-10-14(3)18-15(4)17/h8-9,14,16H,5-7,10-11H2,1-4H3/b12-8+,13-9+. The van der Waals surface area contributed by atoms with Gasteiger partial charge in [0.25, 0.3) is 0 Å². The lowest BCUT2D eigenvalue weighted by atomic mass is 10.1. The summed E-state index contributed by atoms with van der Waals surface area (Å²) in [5.41, 5.74) is 2.36. The number of hydrogen-bond acceptors (Lipinski definition) is 3. The van der Waals surface area contributed by atoms with Crippen molar-refractivity contribution in [1.29, 1.82) is 0 Å². The lowest BCUT2D eigenvalue weighted by Gasteiger charge is -2.10. The first-order valence-electron chi connectivity index (χ1n) is 6.55. The van der Waals surface area contributed by atoms with Gasteiger partial charge in [0.1, 0.15) is 0 Å². The Kier molecular flexibility index (Phi) is 9.29. The maximum absolute atomic E-state index is 10.7. The summed E-state index contributed by atoms with van der Waals surface area (Å²) in [4.78, 5) is 10.7. The van der Waals surface area contributed by atoms with Crippen molar-refractivity contribution in [2.45, 2.75) is 59.5 Å². The molecule has 0 spiro atoms. The molecule has 0 aliphatic heterocycles. The normalized spacial score (nSPS) is 14.5. The van der Waals surface area contributed by atoms with Crippen LogP contribution in [0.15, 0.2) is 23.3 Å². The second kappa shape index (κ2) is 9.89. The number of carbonyl (C=O) groups is 1. The third-order valence-corrected chi connectivity index (χ3v) is 2.71. The molecule has 0 bridgehead atoms. The number of hydrogen-bond donors (Lipinski definition) is 1. The monoisotopic (exact) mass is 254 g/mol. The van der Waals surface area contributed by atoms with E-state index in [0.29, 0.717) is 0 Å². The highest BCUT2D eigenvalue weighted by Crippen LogP contribution is 2.10. The van der Waals surface area contributed by atoms with Crippen LogP contribution in [0.25, 0.3) is 0 Å². The van der Waals surface area contributed by atoms with Crippen molar-refractivity contribution >= 4 is 5.97 Å². The van der Waals surface area contributed by atoms with Crippen LogP contribution < -0.4 is 0 Å². The van der Waals surface area contributed by atoms with Gasteiger partial charge in [0.15, 0.2) is 0 Å². The first kappa shape index (κ1) is 16.9. The number of esters is 1. The fraction of sp³-hybridized carbons (Fsp3) is 0.667. The van der Waals surface area contributed by atoms with Crippen LogP contribution >= 0.6 is 0 Å². The first-order valence-corrected chi connectivity index (χ1v) is 6.55. The van der Waals surface area contributed by atoms with Crippen molar-refractivity contribution in [3.63, 3.8) is 0 Å². The van der Waals surface area contributed by atoms with Gasteiger partial charge < -0.3 is 9.84 Å². The van der Waals surface area contributed by atoms with Crippen molar-refractivity contribution in [1.82, 2.24) is 0 Å². The minimum absolute atomic E-state index is 0.0110. The zero-order valence-corrected chi connectivity index (χ0v) is 12.0. The fourth-order valence-corrected chi connectivity index (χ4v) is 1.62. The highest BCUT2D eigenvalue weighted by molar-refractivity contribution is 5.66. The molecule has 0 aliphatic rings. The molecule has 0 aromatic carbocycles. The van der Waals surface area contributed by atoms with E-state index in [4.69, 9.17) is 9.84 Å². The van der Waals surface area contributed by atoms with E-state index in [1.54, 1.807) is 0 Å². The zero-order valence-electron chi connectivity index (χ0n) is 12.0. The Balaban J connectivity index is 3.80. The highest BCUT2D eigenvalue weighted by Gasteiger charge is 2.03. The molecule has 0 rings (SSSR count). The van der Waals surface area contributed by atoms with Gasteiger partial charge in [0.2, 0.25) is 0 Å². The van der Waals surface area contributed by atoms with Crippen LogP contribution in [-0.2, 0) is 9.53 Å². The molecular weight excluding hydrogens is 228 g/mol. The lowest BCUT2D eigenvalue weighted by Crippen LogP contribution is -2.11. The Morgan fingerprint density at radius 2 is 1.78 bits per heavy atom. The molecule has 3 nitrogen and oxygen atoms in total. The van der Waals surface area contributed by atoms with E-state index in [9.17, 15) is 4.79 Å². The van der Waals surface area contributed by atoms with Crippen molar-refractivity contribution in [2.75, 3.05) is 6.61 Å². The Morgan fingerprint density at radius 3 is 2.33 bits per heavy atom. The predicted molar refractivity (Wildman–Crippen MR) is 74.3 cm³/mol. The summed E-state index contributed by atoms with van der Waals surface area (Å²) in [6, 6.07) is 0. The van der Waals surface area contributed by atoms with Gasteiger partial charge in [-0.25, -0.2) is 0 Å². The molecule has 0 saturated carbocycles. The van der Waals surface area contributed by atoms with E-state index in [0.717, 1.165) is 31.3 Å². The summed E-state index contributed by atoms with van der Waals surface area (Å²) in [6.07, 6.45) is 8.03. The van der Waals surface area contributed by atoms with Crippen molar-refractivity contribution < 1.29 is 14.6 Å². The summed E-state index contributed by atoms with van der Waals surface area (Å²) in [5.74, 6) is -0.215. The molecule has 104 valence electrons. The molecule has 1 unspecified atom stereocenters. The zero-order chi connectivity index (χ0) is 14.0. The van der Waals surface area contributed by atoms with Crippen LogP contribution in [0.5, 0.6) is 0 Å². The van der Waals surface area contributed by atoms with E-state index in [1.807, 2.05) is 13.8 Å². The van der Waals surface area contributed by atoms with Crippen LogP contribution in [0.4, 0.5) is 0 Å². The van der Waals surface area contributed by atoms with E-state index >= 15 is 0 Å². The summed E-state index contributed by atoms with van der Waals surface area (Å²) in [7, 11) is 0. The number of allylic oxidation sites excluding steroid dienone is 3. The largest absolute Gasteiger partial charge is 0.463 e. The van der Waals surface area contributed by atoms with Crippen LogP contribution in [-0.4, -0.2) is 23.8 Å². The summed E-state index contributed by atoms with van der Waals surface area (Å²) in [6.45, 7) is 7.53. The Labute approximate surface area is 111 Å². The number of ether oxygens (including phenoxy) is 1. The van der Waals surface area contributed by atoms with Crippen molar-refractivity contribution in [3.8, 4) is 0 Å². The molecule has 1 atom stereocenters. The molecule has 0 radical (unpaired) electrons. The maximum Gasteiger partial charge on any atom is 0.302 e. The third kappa shape index (κ3) is 10.1. The van der Waals surface area contributed by atoms with Crippen LogP contribution in [0, 0.1) is 0 Å². The van der Waals surface area contributed by atoms with Crippen LogP contribution in [0.2, 0.25) is 0 Å². The van der Waals surface area contributed by atoms with E-state index in [2.05, 4.69) is 19.1 Å². The molecule has 1 N–H and O–H groups in total. The molecule has 0 saturated heterocycles. The molecule has 3 heteroatoms. The topological polar surface area (TPSA) is 46.5 Å². The summed E-state index contributed by atoms with van der Waals surface area (Å²) >= 11 is 0. The van der Waals surface area contributed by atoms with E-state index < -0.39 is 0 Å². The fourth-order valence-electron chi connectivity index (χ4n) is 1.62. The van der Waals surface area contributed by atoms with Gasteiger partial charge in [-0.3, -0.25) is 4.79 Å². The van der Waals surface area contributed by atoms with Gasteiger partial charge >= 0.3 is 5.97 Å². The number of carbonyl (C=O) groups excluding carboxylic acids is 1. The quantitative estimate of drug-likeness (QED) is 0.533. The average molecular weight is 254 g/mol. The Bertz CT molecular complexity index is 303. The minimum Gasteiger partial charge on any atom is -0.463 e. The summed E-state index contributed by atoms with van der Waals surface area (Å²) in [5, 5.41) is 8.85. The van der Waals surface area contributed by atoms with Crippen molar-refractivity contribution in [3.05, 3.63) is 23.3 Å². The van der Waals surface area contributed by atoms with Crippen LogP contribution in [0.3, 0.4) is 0 Å². The van der Waals surface area contributed by atoms with E-state index in [1.165, 1.54) is 12.5 Å². The number of aliphatic hydroxyl groups is 1. The first-order chi connectivity index (χ1) is 8.45. The second-order valence-corrected chi connectivity index (χ2v) is 4.80. The Hall–Kier alpha value is -1.09. The van der Waals surface area contributed by atoms with Crippen molar-refractivity contribution in [2.24, 2.45) is 0 Å². The molecule has 18 heavy (non-hydrogen) atoms. The molecular formula is C15H26O3. The second-order valence-electron chi connectivity index (χ2n) is 4.80. The smallest absolute Gasteiger partial charge is 0.302 e. The highest BCUT2D eigenvalue weighted by atomic mass is 16.5. The molecule has 0 aromatic rings. The van der Waals surface area contributed by atoms with Gasteiger partial charge in [-0.2, -0.15) is 0 Å². The maximum atomic E-state index is 10.7.